The van der Waals surface area contributed by atoms with Crippen LogP contribution in [0.1, 0.15) is 5.56 Å². The van der Waals surface area contributed by atoms with Gasteiger partial charge in [0.05, 0.1) is 20.8 Å². The van der Waals surface area contributed by atoms with Crippen LogP contribution in [0.25, 0.3) is 0 Å². The molecule has 19 heavy (non-hydrogen) atoms. The summed E-state index contributed by atoms with van der Waals surface area (Å²) < 4.78 is 71.9. The molecule has 1 aromatic carbocycles. The largest absolute Gasteiger partial charge is 0.508 e. The Kier molecular flexibility index (Phi) is 4.61. The van der Waals surface area contributed by atoms with Crippen LogP contribution in [0.2, 0.25) is 0 Å². The van der Waals surface area contributed by atoms with Gasteiger partial charge in [0.2, 0.25) is 0 Å². The molecule has 0 aliphatic carbocycles. The fraction of sp³-hybridized carbons (Fsp3) is 0.400. The SMILES string of the molecule is COc1ccc(CN=S(=O)(F)C(F)(F)F)cc1OC. The topological polar surface area (TPSA) is 47.9 Å². The van der Waals surface area contributed by atoms with Gasteiger partial charge < -0.3 is 9.47 Å². The third-order valence-electron chi connectivity index (χ3n) is 2.15. The van der Waals surface area contributed by atoms with Crippen LogP contribution in [0.5, 0.6) is 11.5 Å². The molecule has 108 valence electrons. The number of rotatable bonds is 4. The molecule has 0 saturated heterocycles. The van der Waals surface area contributed by atoms with Gasteiger partial charge in [0, 0.05) is 0 Å². The quantitative estimate of drug-likeness (QED) is 0.634. The van der Waals surface area contributed by atoms with E-state index in [1.807, 2.05) is 0 Å². The fourth-order valence-electron chi connectivity index (χ4n) is 1.21. The Hall–Kier alpha value is -1.51. The third-order valence-corrected chi connectivity index (χ3v) is 3.18. The molecule has 0 fully saturated rings. The molecule has 1 aromatic rings. The average Bonchev–Trinajstić information content (AvgIpc) is 2.34. The summed E-state index contributed by atoms with van der Waals surface area (Å²) >= 11 is 0. The van der Waals surface area contributed by atoms with Crippen LogP contribution in [0, 0.1) is 0 Å². The lowest BCUT2D eigenvalue weighted by atomic mass is 10.2. The molecular formula is C10H11F4NO3S. The second kappa shape index (κ2) is 5.64. The molecule has 0 bridgehead atoms. The summed E-state index contributed by atoms with van der Waals surface area (Å²) in [4.78, 5) is 0. The Bertz CT molecular complexity index is 564. The van der Waals surface area contributed by atoms with E-state index < -0.39 is 22.2 Å². The van der Waals surface area contributed by atoms with Crippen molar-refractivity contribution in [2.75, 3.05) is 14.2 Å². The number of methoxy groups -OCH3 is 2. The van der Waals surface area contributed by atoms with Crippen LogP contribution in [0.15, 0.2) is 22.6 Å². The lowest BCUT2D eigenvalue weighted by Crippen LogP contribution is -2.18. The minimum atomic E-state index is -5.73. The van der Waals surface area contributed by atoms with Gasteiger partial charge in [-0.05, 0) is 17.7 Å². The van der Waals surface area contributed by atoms with E-state index in [0.29, 0.717) is 5.75 Å². The predicted octanol–water partition coefficient (Wildman–Crippen LogP) is 3.08. The van der Waals surface area contributed by atoms with Gasteiger partial charge in [-0.3, -0.25) is 0 Å². The number of alkyl halides is 3. The Morgan fingerprint density at radius 2 is 1.79 bits per heavy atom. The van der Waals surface area contributed by atoms with Crippen LogP contribution in [0.3, 0.4) is 0 Å². The molecule has 0 N–H and O–H groups in total. The molecule has 1 unspecified atom stereocenters. The maximum absolute atomic E-state index is 12.8. The van der Waals surface area contributed by atoms with Gasteiger partial charge >= 0.3 is 15.6 Å². The molecule has 0 radical (unpaired) electrons. The van der Waals surface area contributed by atoms with Gasteiger partial charge in [-0.1, -0.05) is 6.07 Å². The van der Waals surface area contributed by atoms with Gasteiger partial charge in [-0.2, -0.15) is 17.5 Å². The summed E-state index contributed by atoms with van der Waals surface area (Å²) in [5, 5.41) is 0. The summed E-state index contributed by atoms with van der Waals surface area (Å²) in [6.45, 7) is -0.685. The molecule has 0 heterocycles. The summed E-state index contributed by atoms with van der Waals surface area (Å²) in [5.74, 6) is 0.621. The van der Waals surface area contributed by atoms with Gasteiger partial charge in [-0.15, -0.1) is 3.89 Å². The highest BCUT2D eigenvalue weighted by molar-refractivity contribution is 7.89. The Morgan fingerprint density at radius 3 is 2.26 bits per heavy atom. The number of nitrogens with zero attached hydrogens (tertiary/aromatic N) is 1. The van der Waals surface area contributed by atoms with Gasteiger partial charge in [0.1, 0.15) is 0 Å². The van der Waals surface area contributed by atoms with E-state index in [4.69, 9.17) is 9.47 Å². The molecule has 1 rings (SSSR count). The van der Waals surface area contributed by atoms with E-state index >= 15 is 0 Å². The Balaban J connectivity index is 3.02. The zero-order valence-corrected chi connectivity index (χ0v) is 10.8. The van der Waals surface area contributed by atoms with Crippen molar-refractivity contribution in [2.45, 2.75) is 12.1 Å². The minimum absolute atomic E-state index is 0.215. The van der Waals surface area contributed by atoms with E-state index in [-0.39, 0.29) is 11.3 Å². The maximum Gasteiger partial charge on any atom is 0.508 e. The summed E-state index contributed by atoms with van der Waals surface area (Å²) in [6.07, 6.45) is 0. The van der Waals surface area contributed by atoms with Gasteiger partial charge in [0.25, 0.3) is 0 Å². The first kappa shape index (κ1) is 15.5. The Labute approximate surface area is 107 Å². The molecular weight excluding hydrogens is 290 g/mol. The lowest BCUT2D eigenvalue weighted by Gasteiger charge is -2.09. The summed E-state index contributed by atoms with van der Waals surface area (Å²) in [5.41, 5.74) is -5.28. The van der Waals surface area contributed by atoms with Crippen LogP contribution in [-0.2, 0) is 16.7 Å². The van der Waals surface area contributed by atoms with Crippen molar-refractivity contribution in [3.05, 3.63) is 23.8 Å². The molecule has 0 saturated carbocycles. The summed E-state index contributed by atoms with van der Waals surface area (Å²) in [7, 11) is -3.00. The van der Waals surface area contributed by atoms with Gasteiger partial charge in [0.15, 0.2) is 11.5 Å². The highest BCUT2D eigenvalue weighted by atomic mass is 32.3. The van der Waals surface area contributed by atoms with E-state index in [0.717, 1.165) is 0 Å². The van der Waals surface area contributed by atoms with E-state index in [1.54, 1.807) is 0 Å². The Morgan fingerprint density at radius 1 is 1.21 bits per heavy atom. The van der Waals surface area contributed by atoms with Crippen molar-refractivity contribution in [1.29, 1.82) is 0 Å². The number of halogens is 4. The van der Waals surface area contributed by atoms with Crippen molar-refractivity contribution in [2.24, 2.45) is 4.36 Å². The number of benzene rings is 1. The van der Waals surface area contributed by atoms with Crippen LogP contribution in [-0.4, -0.2) is 23.9 Å². The highest BCUT2D eigenvalue weighted by Crippen LogP contribution is 2.30. The van der Waals surface area contributed by atoms with E-state index in [9.17, 15) is 21.3 Å². The first-order valence-corrected chi connectivity index (χ1v) is 6.32. The second-order valence-corrected chi connectivity index (χ2v) is 5.02. The molecule has 0 spiro atoms. The van der Waals surface area contributed by atoms with Crippen molar-refractivity contribution >= 4 is 10.1 Å². The summed E-state index contributed by atoms with van der Waals surface area (Å²) in [6, 6.07) is 4.13. The smallest absolute Gasteiger partial charge is 0.493 e. The van der Waals surface area contributed by atoms with Crippen LogP contribution in [0.4, 0.5) is 17.1 Å². The fourth-order valence-corrected chi connectivity index (χ4v) is 1.67. The molecule has 9 heteroatoms. The van der Waals surface area contributed by atoms with Crippen LogP contribution < -0.4 is 9.47 Å². The predicted molar refractivity (Wildman–Crippen MR) is 61.0 cm³/mol. The first-order chi connectivity index (χ1) is 8.71. The maximum atomic E-state index is 12.8. The molecule has 0 aliphatic rings. The lowest BCUT2D eigenvalue weighted by molar-refractivity contribution is -0.0442. The van der Waals surface area contributed by atoms with Crippen molar-refractivity contribution in [1.82, 2.24) is 0 Å². The van der Waals surface area contributed by atoms with E-state index in [2.05, 4.69) is 4.36 Å². The number of ether oxygens (including phenoxy) is 2. The van der Waals surface area contributed by atoms with Crippen molar-refractivity contribution in [3.8, 4) is 11.5 Å². The molecule has 1 atom stereocenters. The second-order valence-electron chi connectivity index (χ2n) is 3.38. The standard InChI is InChI=1S/C10H11F4NO3S/c1-17-8-4-3-7(5-9(8)18-2)6-15-19(14,16)10(11,12)13/h3-5H,6H2,1-2H3. The highest BCUT2D eigenvalue weighted by Gasteiger charge is 2.44. The zero-order chi connectivity index (χ0) is 14.7. The molecule has 0 amide bonds. The van der Waals surface area contributed by atoms with E-state index in [1.165, 1.54) is 32.4 Å². The van der Waals surface area contributed by atoms with Crippen molar-refractivity contribution in [3.63, 3.8) is 0 Å². The van der Waals surface area contributed by atoms with Gasteiger partial charge in [-0.25, -0.2) is 4.21 Å². The minimum Gasteiger partial charge on any atom is -0.493 e. The zero-order valence-electron chi connectivity index (χ0n) is 10.0. The molecule has 0 aromatic heterocycles. The number of hydrogen-bond acceptors (Lipinski definition) is 4. The van der Waals surface area contributed by atoms with Crippen LogP contribution >= 0.6 is 0 Å². The average molecular weight is 301 g/mol. The molecule has 4 nitrogen and oxygen atoms in total. The van der Waals surface area contributed by atoms with Crippen molar-refractivity contribution < 1.29 is 30.7 Å². The number of hydrogen-bond donors (Lipinski definition) is 0. The normalized spacial score (nSPS) is 14.6. The first-order valence-electron chi connectivity index (χ1n) is 4.91. The third kappa shape index (κ3) is 3.72. The monoisotopic (exact) mass is 301 g/mol. The molecule has 0 aliphatic heterocycles.